The summed E-state index contributed by atoms with van der Waals surface area (Å²) in [5, 5.41) is 6.90. The second-order valence-electron chi connectivity index (χ2n) is 6.66. The average Bonchev–Trinajstić information content (AvgIpc) is 3.13. The van der Waals surface area contributed by atoms with E-state index in [2.05, 4.69) is 10.2 Å². The van der Waals surface area contributed by atoms with Crippen molar-refractivity contribution in [3.05, 3.63) is 71.8 Å². The second-order valence-corrected chi connectivity index (χ2v) is 6.66. The molecular weight excluding hydrogens is 390 g/mol. The van der Waals surface area contributed by atoms with Crippen LogP contribution in [0.15, 0.2) is 54.6 Å². The van der Waals surface area contributed by atoms with Crippen molar-refractivity contribution in [3.63, 3.8) is 0 Å². The number of halogens is 2. The van der Waals surface area contributed by atoms with Crippen LogP contribution in [0.1, 0.15) is 5.56 Å². The molecule has 152 valence electrons. The van der Waals surface area contributed by atoms with E-state index < -0.39 is 17.7 Å². The first kappa shape index (κ1) is 19.3. The largest absolute Gasteiger partial charge is 0.382 e. The number of nitrogens with zero attached hydrogens (tertiary/aromatic N) is 2. The number of aromatic nitrogens is 2. The number of anilines is 3. The molecule has 30 heavy (non-hydrogen) atoms. The van der Waals surface area contributed by atoms with Gasteiger partial charge in [-0.2, -0.15) is 5.10 Å². The number of hydrogen-bond acceptors (Lipinski definition) is 4. The van der Waals surface area contributed by atoms with Crippen molar-refractivity contribution >= 4 is 34.1 Å². The second kappa shape index (κ2) is 7.45. The van der Waals surface area contributed by atoms with Crippen LogP contribution in [0.4, 0.5) is 30.8 Å². The SMILES string of the molecule is NCc1ccc(F)c(N(C(N)=O)c2ccc(-c3ccc(F)c4[nH]nc(N)c34)cc2)c1. The normalized spacial score (nSPS) is 11.0. The zero-order valence-electron chi connectivity index (χ0n) is 15.7. The van der Waals surface area contributed by atoms with Gasteiger partial charge in [-0.15, -0.1) is 0 Å². The van der Waals surface area contributed by atoms with Crippen LogP contribution in [-0.2, 0) is 6.54 Å². The Morgan fingerprint density at radius 2 is 1.73 bits per heavy atom. The van der Waals surface area contributed by atoms with Gasteiger partial charge in [0.1, 0.15) is 17.2 Å². The van der Waals surface area contributed by atoms with Crippen molar-refractivity contribution in [1.29, 1.82) is 0 Å². The summed E-state index contributed by atoms with van der Waals surface area (Å²) in [5.74, 6) is -0.908. The lowest BCUT2D eigenvalue weighted by atomic mass is 10.0. The number of amides is 2. The monoisotopic (exact) mass is 408 g/mol. The minimum absolute atomic E-state index is 0.00134. The molecule has 0 aliphatic carbocycles. The molecule has 2 amide bonds. The molecule has 0 aliphatic heterocycles. The summed E-state index contributed by atoms with van der Waals surface area (Å²) >= 11 is 0. The molecule has 4 rings (SSSR count). The van der Waals surface area contributed by atoms with E-state index in [0.29, 0.717) is 27.8 Å². The van der Waals surface area contributed by atoms with E-state index in [9.17, 15) is 13.6 Å². The van der Waals surface area contributed by atoms with Crippen LogP contribution in [0.2, 0.25) is 0 Å². The van der Waals surface area contributed by atoms with E-state index in [-0.39, 0.29) is 23.6 Å². The number of H-pyrrole nitrogens is 1. The van der Waals surface area contributed by atoms with E-state index in [4.69, 9.17) is 17.2 Å². The van der Waals surface area contributed by atoms with Gasteiger partial charge in [0, 0.05) is 6.54 Å². The fourth-order valence-corrected chi connectivity index (χ4v) is 3.40. The predicted molar refractivity (Wildman–Crippen MR) is 112 cm³/mol. The topological polar surface area (TPSA) is 127 Å². The summed E-state index contributed by atoms with van der Waals surface area (Å²) in [4.78, 5) is 13.2. The molecule has 7 N–H and O–H groups in total. The maximum absolute atomic E-state index is 14.4. The van der Waals surface area contributed by atoms with E-state index in [1.807, 2.05) is 0 Å². The summed E-state index contributed by atoms with van der Waals surface area (Å²) < 4.78 is 28.4. The molecule has 0 radical (unpaired) electrons. The number of carbonyl (C=O) groups excluding carboxylic acids is 1. The highest BCUT2D eigenvalue weighted by molar-refractivity contribution is 6.02. The van der Waals surface area contributed by atoms with Crippen molar-refractivity contribution in [2.24, 2.45) is 11.5 Å². The molecule has 9 heteroatoms. The average molecular weight is 408 g/mol. The van der Waals surface area contributed by atoms with E-state index in [1.165, 1.54) is 24.3 Å². The van der Waals surface area contributed by atoms with Gasteiger partial charge in [-0.25, -0.2) is 13.6 Å². The van der Waals surface area contributed by atoms with Gasteiger partial charge in [-0.3, -0.25) is 10.00 Å². The molecule has 0 bridgehead atoms. The van der Waals surface area contributed by atoms with Crippen LogP contribution in [0, 0.1) is 11.6 Å². The summed E-state index contributed by atoms with van der Waals surface area (Å²) in [6.07, 6.45) is 0. The number of primary amides is 1. The van der Waals surface area contributed by atoms with E-state index >= 15 is 0 Å². The Kier molecular flexibility index (Phi) is 4.80. The van der Waals surface area contributed by atoms with Gasteiger partial charge in [0.25, 0.3) is 0 Å². The molecule has 7 nitrogen and oxygen atoms in total. The molecule has 0 atom stereocenters. The van der Waals surface area contributed by atoms with Crippen molar-refractivity contribution in [3.8, 4) is 11.1 Å². The van der Waals surface area contributed by atoms with Crippen molar-refractivity contribution < 1.29 is 13.6 Å². The molecule has 0 unspecified atom stereocenters. The van der Waals surface area contributed by atoms with Crippen molar-refractivity contribution in [2.45, 2.75) is 6.54 Å². The molecule has 0 saturated carbocycles. The third-order valence-corrected chi connectivity index (χ3v) is 4.84. The Bertz CT molecular complexity index is 1250. The van der Waals surface area contributed by atoms with Gasteiger partial charge >= 0.3 is 6.03 Å². The first-order chi connectivity index (χ1) is 14.4. The minimum Gasteiger partial charge on any atom is -0.382 e. The molecule has 1 heterocycles. The molecule has 1 aromatic heterocycles. The Labute approximate surface area is 170 Å². The number of nitrogen functional groups attached to an aromatic ring is 1. The van der Waals surface area contributed by atoms with Gasteiger partial charge < -0.3 is 17.2 Å². The molecule has 0 fully saturated rings. The summed E-state index contributed by atoms with van der Waals surface area (Å²) in [5.41, 5.74) is 19.6. The number of rotatable bonds is 4. The minimum atomic E-state index is -0.848. The molecule has 0 aliphatic rings. The standard InChI is InChI=1S/C21H18F2N6O/c22-15-7-1-11(10-24)9-17(15)29(21(26)30)13-4-2-12(3-5-13)14-6-8-16(23)19-18(14)20(25)28-27-19/h1-9H,10,24H2,(H2,26,30)(H3,25,27,28). The van der Waals surface area contributed by atoms with Crippen LogP contribution in [-0.4, -0.2) is 16.2 Å². The molecule has 0 spiro atoms. The zero-order valence-corrected chi connectivity index (χ0v) is 15.7. The van der Waals surface area contributed by atoms with Gasteiger partial charge in [-0.1, -0.05) is 24.3 Å². The fourth-order valence-electron chi connectivity index (χ4n) is 3.40. The quantitative estimate of drug-likeness (QED) is 0.410. The van der Waals surface area contributed by atoms with Crippen LogP contribution in [0.5, 0.6) is 0 Å². The molecule has 0 saturated heterocycles. The molecule has 3 aromatic carbocycles. The number of nitrogens with two attached hydrogens (primary N) is 3. The molecular formula is C21H18F2N6O. The summed E-state index contributed by atoms with van der Waals surface area (Å²) in [7, 11) is 0. The Hall–Kier alpha value is -3.98. The van der Waals surface area contributed by atoms with Crippen LogP contribution in [0.3, 0.4) is 0 Å². The van der Waals surface area contributed by atoms with E-state index in [1.54, 1.807) is 30.3 Å². The van der Waals surface area contributed by atoms with Gasteiger partial charge in [0.15, 0.2) is 5.82 Å². The highest BCUT2D eigenvalue weighted by atomic mass is 19.1. The number of carbonyl (C=O) groups is 1. The van der Waals surface area contributed by atoms with Gasteiger partial charge in [0.2, 0.25) is 0 Å². The van der Waals surface area contributed by atoms with Crippen molar-refractivity contribution in [1.82, 2.24) is 10.2 Å². The maximum atomic E-state index is 14.4. The highest BCUT2D eigenvalue weighted by Crippen LogP contribution is 2.35. The Balaban J connectivity index is 1.79. The lowest BCUT2D eigenvalue weighted by Gasteiger charge is -2.22. The first-order valence-corrected chi connectivity index (χ1v) is 9.01. The third-order valence-electron chi connectivity index (χ3n) is 4.84. The third kappa shape index (κ3) is 3.20. The summed E-state index contributed by atoms with van der Waals surface area (Å²) in [6, 6.07) is 12.9. The number of hydrogen-bond donors (Lipinski definition) is 4. The fraction of sp³-hybridized carbons (Fsp3) is 0.0476. The number of fused-ring (bicyclic) bond motifs is 1. The van der Waals surface area contributed by atoms with Crippen LogP contribution < -0.4 is 22.1 Å². The Morgan fingerprint density at radius 1 is 1.03 bits per heavy atom. The van der Waals surface area contributed by atoms with Gasteiger partial charge in [0.05, 0.1) is 16.8 Å². The van der Waals surface area contributed by atoms with Crippen LogP contribution >= 0.6 is 0 Å². The zero-order chi connectivity index (χ0) is 21.4. The highest BCUT2D eigenvalue weighted by Gasteiger charge is 2.20. The maximum Gasteiger partial charge on any atom is 0.323 e. The molecule has 4 aromatic rings. The predicted octanol–water partition coefficient (Wildman–Crippen LogP) is 3.77. The van der Waals surface area contributed by atoms with Crippen molar-refractivity contribution in [2.75, 3.05) is 10.6 Å². The number of urea groups is 1. The first-order valence-electron chi connectivity index (χ1n) is 9.01. The number of nitrogens with one attached hydrogen (secondary N) is 1. The number of aromatic amines is 1. The lowest BCUT2D eigenvalue weighted by Crippen LogP contribution is -2.32. The number of benzene rings is 3. The van der Waals surface area contributed by atoms with Crippen LogP contribution in [0.25, 0.3) is 22.0 Å². The van der Waals surface area contributed by atoms with Gasteiger partial charge in [-0.05, 0) is 47.0 Å². The summed E-state index contributed by atoms with van der Waals surface area (Å²) in [6.45, 7) is 0.186. The smallest absolute Gasteiger partial charge is 0.323 e. The Morgan fingerprint density at radius 3 is 2.40 bits per heavy atom. The van der Waals surface area contributed by atoms with E-state index in [0.717, 1.165) is 4.90 Å². The lowest BCUT2D eigenvalue weighted by molar-refractivity contribution is 0.256.